The van der Waals surface area contributed by atoms with Gasteiger partial charge < -0.3 is 25.9 Å². The van der Waals surface area contributed by atoms with E-state index >= 15 is 0 Å². The zero-order valence-corrected chi connectivity index (χ0v) is 23.2. The summed E-state index contributed by atoms with van der Waals surface area (Å²) in [7, 11) is 2.94. The molecule has 0 bridgehead atoms. The Hall–Kier alpha value is -3.57. The van der Waals surface area contributed by atoms with Gasteiger partial charge in [-0.15, -0.1) is 0 Å². The predicted molar refractivity (Wildman–Crippen MR) is 153 cm³/mol. The van der Waals surface area contributed by atoms with Gasteiger partial charge in [0.2, 0.25) is 0 Å². The molecule has 1 aliphatic heterocycles. The van der Waals surface area contributed by atoms with Crippen LogP contribution in [0.25, 0.3) is 0 Å². The summed E-state index contributed by atoms with van der Waals surface area (Å²) in [6.07, 6.45) is 5.04. The van der Waals surface area contributed by atoms with Crippen molar-refractivity contribution in [3.63, 3.8) is 0 Å². The molecule has 4 N–H and O–H groups in total. The van der Waals surface area contributed by atoms with E-state index in [9.17, 15) is 14.7 Å². The lowest BCUT2D eigenvalue weighted by atomic mass is 9.91. The molecule has 1 heterocycles. The normalized spacial score (nSPS) is 21.4. The third kappa shape index (κ3) is 9.29. The smallest absolute Gasteiger partial charge is 0.269 e. The number of aliphatic hydroxyl groups is 1. The average Bonchev–Trinajstić information content (AvgIpc) is 2.94. The fourth-order valence-corrected chi connectivity index (χ4v) is 4.93. The molecule has 11 nitrogen and oxygen atoms in total. The molecular formula is C28H41N7O4. The molecule has 0 spiro atoms. The topological polar surface area (TPSA) is 140 Å². The van der Waals surface area contributed by atoms with E-state index in [0.717, 1.165) is 45.2 Å². The molecule has 11 heteroatoms. The Morgan fingerprint density at radius 2 is 1.82 bits per heavy atom. The quantitative estimate of drug-likeness (QED) is 0.232. The van der Waals surface area contributed by atoms with Crippen molar-refractivity contribution >= 4 is 30.0 Å². The molecule has 1 aromatic rings. The Labute approximate surface area is 230 Å². The Morgan fingerprint density at radius 3 is 2.46 bits per heavy atom. The first-order valence-corrected chi connectivity index (χ1v) is 13.4. The Kier molecular flexibility index (Phi) is 11.6. The van der Waals surface area contributed by atoms with Gasteiger partial charge in [0.15, 0.2) is 0 Å². The van der Waals surface area contributed by atoms with E-state index in [-0.39, 0.29) is 41.9 Å². The summed E-state index contributed by atoms with van der Waals surface area (Å²) in [4.78, 5) is 39.9. The van der Waals surface area contributed by atoms with Crippen molar-refractivity contribution < 1.29 is 19.5 Å². The summed E-state index contributed by atoms with van der Waals surface area (Å²) < 4.78 is 0. The number of oxime groups is 1. The van der Waals surface area contributed by atoms with Gasteiger partial charge in [-0.25, -0.2) is 4.99 Å². The van der Waals surface area contributed by atoms with Gasteiger partial charge in [-0.2, -0.15) is 0 Å². The number of hydrogen-bond donors (Lipinski definition) is 4. The molecule has 0 aromatic heterocycles. The number of rotatable bonds is 12. The van der Waals surface area contributed by atoms with Gasteiger partial charge >= 0.3 is 0 Å². The Balaban J connectivity index is 1.43. The number of carbonyl (C=O) groups excluding carboxylic acids is 2. The summed E-state index contributed by atoms with van der Waals surface area (Å²) in [5.41, 5.74) is 3.12. The molecule has 1 fully saturated rings. The van der Waals surface area contributed by atoms with E-state index in [2.05, 4.69) is 65.7 Å². The molecule has 212 valence electrons. The van der Waals surface area contributed by atoms with Crippen molar-refractivity contribution in [3.8, 4) is 0 Å². The molecule has 1 saturated carbocycles. The van der Waals surface area contributed by atoms with Crippen LogP contribution in [0.1, 0.15) is 43.7 Å². The number of aliphatic imine (C=N–C) groups is 2. The minimum Gasteiger partial charge on any atom is -0.399 e. The molecule has 1 aromatic carbocycles. The standard InChI is InChI=1S/C28H41N7O4/c1-19(34-39-4)27(37)33-23-11-9-22(10-12-23)32-26(30-3)15-25(29-2)28(38)31-16-24(36)18-35-14-13-20-7-5-6-8-21(20)17-35/h5-8,15,22-24,32,36H,3,9-14,16-18H2,1-2,4H3,(H,31,38)(H,33,37)/b26-15+,29-25+,34-19+/t22?,23?,24-/m0/s1. The minimum atomic E-state index is -0.698. The highest BCUT2D eigenvalue weighted by molar-refractivity contribution is 6.43. The van der Waals surface area contributed by atoms with Crippen molar-refractivity contribution in [2.24, 2.45) is 15.1 Å². The van der Waals surface area contributed by atoms with Crippen LogP contribution >= 0.6 is 0 Å². The first kappa shape index (κ1) is 30.0. The lowest BCUT2D eigenvalue weighted by molar-refractivity contribution is -0.116. The lowest BCUT2D eigenvalue weighted by Crippen LogP contribution is -2.44. The van der Waals surface area contributed by atoms with E-state index in [1.54, 1.807) is 13.0 Å². The predicted octanol–water partition coefficient (Wildman–Crippen LogP) is 1.17. The second kappa shape index (κ2) is 15.1. The van der Waals surface area contributed by atoms with Gasteiger partial charge in [-0.3, -0.25) is 19.5 Å². The number of benzene rings is 1. The first-order valence-electron chi connectivity index (χ1n) is 13.4. The van der Waals surface area contributed by atoms with E-state index in [0.29, 0.717) is 12.4 Å². The molecule has 0 unspecified atom stereocenters. The van der Waals surface area contributed by atoms with Gasteiger partial charge in [0.05, 0.1) is 6.10 Å². The zero-order chi connectivity index (χ0) is 28.2. The van der Waals surface area contributed by atoms with Crippen molar-refractivity contribution in [2.45, 2.75) is 63.8 Å². The first-order chi connectivity index (χ1) is 18.8. The van der Waals surface area contributed by atoms with E-state index in [1.165, 1.54) is 25.3 Å². The molecule has 1 aliphatic carbocycles. The largest absolute Gasteiger partial charge is 0.399 e. The van der Waals surface area contributed by atoms with Crippen molar-refractivity contribution in [3.05, 3.63) is 47.3 Å². The SMILES string of the molecule is C=N/C(=C\C(=N/C)C(=O)NC[C@H](O)CN1CCc2ccccc2C1)NC1CCC(NC(=O)/C(C)=N/OC)CC1. The van der Waals surface area contributed by atoms with Crippen LogP contribution in [0.4, 0.5) is 0 Å². The number of β-amino-alcohol motifs (C(OH)–C–C–N with tert-alkyl or cyclic N) is 1. The molecular weight excluding hydrogens is 498 g/mol. The van der Waals surface area contributed by atoms with Gasteiger partial charge in [-0.1, -0.05) is 29.4 Å². The molecule has 2 aliphatic rings. The molecule has 1 atom stereocenters. The Bertz CT molecular complexity index is 1090. The lowest BCUT2D eigenvalue weighted by Gasteiger charge is -2.30. The van der Waals surface area contributed by atoms with Crippen molar-refractivity contribution in [1.82, 2.24) is 20.9 Å². The third-order valence-corrected chi connectivity index (χ3v) is 7.07. The number of nitrogens with zero attached hydrogens (tertiary/aromatic N) is 4. The van der Waals surface area contributed by atoms with Crippen LogP contribution in [0, 0.1) is 0 Å². The summed E-state index contributed by atoms with van der Waals surface area (Å²) in [5.74, 6) is -0.167. The summed E-state index contributed by atoms with van der Waals surface area (Å²) in [6, 6.07) is 8.54. The number of aliphatic hydroxyl groups excluding tert-OH is 1. The third-order valence-electron chi connectivity index (χ3n) is 7.07. The summed E-state index contributed by atoms with van der Waals surface area (Å²) in [5, 5.41) is 23.3. The average molecular weight is 540 g/mol. The van der Waals surface area contributed by atoms with Gasteiger partial charge in [0.1, 0.15) is 24.4 Å². The monoisotopic (exact) mass is 539 g/mol. The van der Waals surface area contributed by atoms with Crippen molar-refractivity contribution in [2.75, 3.05) is 33.8 Å². The van der Waals surface area contributed by atoms with Gasteiger partial charge in [-0.05, 0) is 56.9 Å². The summed E-state index contributed by atoms with van der Waals surface area (Å²) in [6.45, 7) is 7.50. The number of amides is 2. The van der Waals surface area contributed by atoms with E-state index in [4.69, 9.17) is 0 Å². The zero-order valence-electron chi connectivity index (χ0n) is 23.2. The maximum absolute atomic E-state index is 12.8. The number of carbonyl (C=O) groups is 2. The highest BCUT2D eigenvalue weighted by Gasteiger charge is 2.24. The van der Waals surface area contributed by atoms with Crippen molar-refractivity contribution in [1.29, 1.82) is 0 Å². The van der Waals surface area contributed by atoms with Crippen LogP contribution < -0.4 is 16.0 Å². The second-order valence-corrected chi connectivity index (χ2v) is 9.94. The maximum Gasteiger partial charge on any atom is 0.269 e. The number of hydrogen-bond acceptors (Lipinski definition) is 9. The van der Waals surface area contributed by atoms with Crippen LogP contribution in [0.2, 0.25) is 0 Å². The fourth-order valence-electron chi connectivity index (χ4n) is 4.93. The Morgan fingerprint density at radius 1 is 1.15 bits per heavy atom. The number of nitrogens with one attached hydrogen (secondary N) is 3. The molecule has 3 rings (SSSR count). The highest BCUT2D eigenvalue weighted by atomic mass is 16.6. The maximum atomic E-state index is 12.8. The minimum absolute atomic E-state index is 0.0614. The second-order valence-electron chi connectivity index (χ2n) is 9.94. The van der Waals surface area contributed by atoms with Crippen LogP contribution in [0.3, 0.4) is 0 Å². The molecule has 2 amide bonds. The van der Waals surface area contributed by atoms with Crippen LogP contribution in [0.5, 0.6) is 0 Å². The molecule has 0 radical (unpaired) electrons. The molecule has 39 heavy (non-hydrogen) atoms. The van der Waals surface area contributed by atoms with E-state index < -0.39 is 6.10 Å². The molecule has 0 saturated heterocycles. The van der Waals surface area contributed by atoms with Crippen LogP contribution in [-0.2, 0) is 27.4 Å². The fraction of sp³-hybridized carbons (Fsp3) is 0.536. The number of fused-ring (bicyclic) bond motifs is 1. The van der Waals surface area contributed by atoms with Gasteiger partial charge in [0.25, 0.3) is 11.8 Å². The van der Waals surface area contributed by atoms with Crippen LogP contribution in [-0.4, -0.2) is 91.9 Å². The van der Waals surface area contributed by atoms with Gasteiger partial charge in [0, 0.05) is 51.4 Å². The van der Waals surface area contributed by atoms with E-state index in [1.807, 2.05) is 6.07 Å². The summed E-state index contributed by atoms with van der Waals surface area (Å²) >= 11 is 0. The highest BCUT2D eigenvalue weighted by Crippen LogP contribution is 2.20. The van der Waals surface area contributed by atoms with Crippen LogP contribution in [0.15, 0.2) is 51.3 Å².